The second kappa shape index (κ2) is 8.67. The van der Waals surface area contributed by atoms with Crippen molar-refractivity contribution in [3.05, 3.63) is 80.9 Å². The molecule has 2 aromatic rings. The molecule has 1 heterocycles. The number of hydrogen-bond donors (Lipinski definition) is 0. The van der Waals surface area contributed by atoms with Gasteiger partial charge >= 0.3 is 5.97 Å². The molecule has 0 saturated heterocycles. The van der Waals surface area contributed by atoms with E-state index in [4.69, 9.17) is 16.3 Å². The summed E-state index contributed by atoms with van der Waals surface area (Å²) in [5.74, 6) is -1.21. The fraction of sp³-hybridized carbons (Fsp3) is 0.200. The first-order valence-corrected chi connectivity index (χ1v) is 8.97. The maximum Gasteiger partial charge on any atom is 0.340 e. The topological polar surface area (TPSA) is 89.8 Å². The zero-order chi connectivity index (χ0) is 20.1. The Bertz CT molecular complexity index is 943. The van der Waals surface area contributed by atoms with Crippen LogP contribution in [0.25, 0.3) is 5.57 Å². The summed E-state index contributed by atoms with van der Waals surface area (Å²) in [6.07, 6.45) is 2.69. The normalized spacial score (nSPS) is 13.6. The van der Waals surface area contributed by atoms with Crippen LogP contribution in [0.2, 0.25) is 5.02 Å². The van der Waals surface area contributed by atoms with E-state index in [2.05, 4.69) is 0 Å². The Morgan fingerprint density at radius 3 is 2.57 bits per heavy atom. The average Bonchev–Trinajstić information content (AvgIpc) is 2.72. The second-order valence-electron chi connectivity index (χ2n) is 6.18. The van der Waals surface area contributed by atoms with Crippen molar-refractivity contribution in [1.82, 2.24) is 4.90 Å². The number of nitrogens with zero attached hydrogens (tertiary/aromatic N) is 2. The van der Waals surface area contributed by atoms with Crippen molar-refractivity contribution < 1.29 is 19.2 Å². The SMILES string of the molecule is O=C(OCC(=O)N1CC=C(c2ccccc2)CC1)c1cc([N+](=O)[O-])ccc1Cl. The van der Waals surface area contributed by atoms with E-state index in [9.17, 15) is 19.7 Å². The lowest BCUT2D eigenvalue weighted by atomic mass is 10.00. The van der Waals surface area contributed by atoms with Gasteiger partial charge in [-0.2, -0.15) is 0 Å². The summed E-state index contributed by atoms with van der Waals surface area (Å²) in [4.78, 5) is 36.3. The van der Waals surface area contributed by atoms with Gasteiger partial charge in [0, 0.05) is 25.2 Å². The summed E-state index contributed by atoms with van der Waals surface area (Å²) in [5.41, 5.74) is 1.87. The van der Waals surface area contributed by atoms with Crippen molar-refractivity contribution in [2.75, 3.05) is 19.7 Å². The summed E-state index contributed by atoms with van der Waals surface area (Å²) < 4.78 is 5.01. The maximum atomic E-state index is 12.3. The van der Waals surface area contributed by atoms with Crippen LogP contribution in [0, 0.1) is 10.1 Å². The van der Waals surface area contributed by atoms with Crippen molar-refractivity contribution in [3.63, 3.8) is 0 Å². The van der Waals surface area contributed by atoms with Gasteiger partial charge in [-0.05, 0) is 23.6 Å². The molecule has 1 aliphatic heterocycles. The lowest BCUT2D eigenvalue weighted by Crippen LogP contribution is -2.37. The predicted octanol–water partition coefficient (Wildman–Crippen LogP) is 3.72. The monoisotopic (exact) mass is 400 g/mol. The van der Waals surface area contributed by atoms with E-state index in [0.29, 0.717) is 19.5 Å². The van der Waals surface area contributed by atoms with Crippen LogP contribution >= 0.6 is 11.6 Å². The van der Waals surface area contributed by atoms with Gasteiger partial charge in [0.15, 0.2) is 6.61 Å². The Balaban J connectivity index is 1.58. The molecule has 0 bridgehead atoms. The third kappa shape index (κ3) is 4.55. The van der Waals surface area contributed by atoms with E-state index in [1.54, 1.807) is 4.90 Å². The van der Waals surface area contributed by atoms with Gasteiger partial charge in [-0.3, -0.25) is 14.9 Å². The smallest absolute Gasteiger partial charge is 0.340 e. The lowest BCUT2D eigenvalue weighted by Gasteiger charge is -2.26. The highest BCUT2D eigenvalue weighted by Gasteiger charge is 2.21. The standard InChI is InChI=1S/C20H17ClN2O5/c21-18-7-6-16(23(26)27)12-17(18)20(25)28-13-19(24)22-10-8-15(9-11-22)14-4-2-1-3-5-14/h1-8,12H,9-11,13H2. The highest BCUT2D eigenvalue weighted by molar-refractivity contribution is 6.33. The van der Waals surface area contributed by atoms with Crippen LogP contribution in [-0.4, -0.2) is 41.4 Å². The Hall–Kier alpha value is -3.19. The number of esters is 1. The number of carbonyl (C=O) groups excluding carboxylic acids is 2. The van der Waals surface area contributed by atoms with Gasteiger partial charge in [0.1, 0.15) is 0 Å². The third-order valence-corrected chi connectivity index (χ3v) is 4.74. The highest BCUT2D eigenvalue weighted by atomic mass is 35.5. The number of hydrogen-bond acceptors (Lipinski definition) is 5. The van der Waals surface area contributed by atoms with Gasteiger partial charge in [-0.25, -0.2) is 4.79 Å². The molecule has 1 aliphatic rings. The molecule has 8 heteroatoms. The number of nitro benzene ring substituents is 1. The van der Waals surface area contributed by atoms with E-state index >= 15 is 0 Å². The second-order valence-corrected chi connectivity index (χ2v) is 6.59. The van der Waals surface area contributed by atoms with Gasteiger partial charge in [-0.15, -0.1) is 0 Å². The van der Waals surface area contributed by atoms with E-state index in [1.807, 2.05) is 36.4 Å². The molecule has 144 valence electrons. The minimum atomic E-state index is -0.875. The van der Waals surface area contributed by atoms with Gasteiger partial charge in [0.2, 0.25) is 0 Å². The largest absolute Gasteiger partial charge is 0.452 e. The first kappa shape index (κ1) is 19.6. The molecule has 0 N–H and O–H groups in total. The number of non-ortho nitro benzene ring substituents is 1. The molecule has 0 aliphatic carbocycles. The van der Waals surface area contributed by atoms with Crippen molar-refractivity contribution in [2.45, 2.75) is 6.42 Å². The minimum absolute atomic E-state index is 0.0245. The molecule has 2 aromatic carbocycles. The molecular formula is C20H17ClN2O5. The van der Waals surface area contributed by atoms with E-state index < -0.39 is 17.5 Å². The van der Waals surface area contributed by atoms with Crippen molar-refractivity contribution in [2.24, 2.45) is 0 Å². The van der Waals surface area contributed by atoms with Crippen LogP contribution in [0.5, 0.6) is 0 Å². The fourth-order valence-electron chi connectivity index (χ4n) is 2.89. The number of nitro groups is 1. The summed E-state index contributed by atoms with van der Waals surface area (Å²) >= 11 is 5.91. The minimum Gasteiger partial charge on any atom is -0.452 e. The molecule has 0 aromatic heterocycles. The van der Waals surface area contributed by atoms with Crippen molar-refractivity contribution in [3.8, 4) is 0 Å². The third-order valence-electron chi connectivity index (χ3n) is 4.41. The van der Waals surface area contributed by atoms with Gasteiger partial charge in [-0.1, -0.05) is 48.0 Å². The Morgan fingerprint density at radius 2 is 1.93 bits per heavy atom. The zero-order valence-corrected chi connectivity index (χ0v) is 15.6. The number of ether oxygens (including phenoxy) is 1. The van der Waals surface area contributed by atoms with E-state index in [1.165, 1.54) is 17.7 Å². The van der Waals surface area contributed by atoms with Crippen LogP contribution in [-0.2, 0) is 9.53 Å². The zero-order valence-electron chi connectivity index (χ0n) is 14.8. The van der Waals surface area contributed by atoms with E-state index in [-0.39, 0.29) is 22.2 Å². The number of amides is 1. The molecule has 0 unspecified atom stereocenters. The quantitative estimate of drug-likeness (QED) is 0.433. The van der Waals surface area contributed by atoms with Gasteiger partial charge in [0.05, 0.1) is 15.5 Å². The van der Waals surface area contributed by atoms with E-state index in [0.717, 1.165) is 11.6 Å². The van der Waals surface area contributed by atoms with Crippen LogP contribution in [0.3, 0.4) is 0 Å². The molecule has 1 amide bonds. The Morgan fingerprint density at radius 1 is 1.18 bits per heavy atom. The molecule has 0 atom stereocenters. The first-order chi connectivity index (χ1) is 13.5. The summed E-state index contributed by atoms with van der Waals surface area (Å²) in [6, 6.07) is 13.4. The summed E-state index contributed by atoms with van der Waals surface area (Å²) in [5, 5.41) is 10.9. The van der Waals surface area contributed by atoms with Gasteiger partial charge in [0.25, 0.3) is 11.6 Å². The molecular weight excluding hydrogens is 384 g/mol. The van der Waals surface area contributed by atoms with Crippen molar-refractivity contribution in [1.29, 1.82) is 0 Å². The van der Waals surface area contributed by atoms with Crippen LogP contribution in [0.4, 0.5) is 5.69 Å². The lowest BCUT2D eigenvalue weighted by molar-refractivity contribution is -0.384. The molecule has 0 spiro atoms. The molecule has 7 nitrogen and oxygen atoms in total. The number of rotatable bonds is 5. The maximum absolute atomic E-state index is 12.3. The van der Waals surface area contributed by atoms with Gasteiger partial charge < -0.3 is 9.64 Å². The molecule has 0 radical (unpaired) electrons. The number of carbonyl (C=O) groups is 2. The Kier molecular flexibility index (Phi) is 6.06. The molecule has 0 fully saturated rings. The van der Waals surface area contributed by atoms with Crippen molar-refractivity contribution >= 4 is 34.7 Å². The van der Waals surface area contributed by atoms with Crippen LogP contribution in [0.15, 0.2) is 54.6 Å². The first-order valence-electron chi connectivity index (χ1n) is 8.59. The summed E-state index contributed by atoms with van der Waals surface area (Å²) in [6.45, 7) is 0.499. The Labute approximate surface area is 166 Å². The summed E-state index contributed by atoms with van der Waals surface area (Å²) in [7, 11) is 0. The number of halogens is 1. The van der Waals surface area contributed by atoms with Crippen LogP contribution < -0.4 is 0 Å². The highest BCUT2D eigenvalue weighted by Crippen LogP contribution is 2.24. The average molecular weight is 401 g/mol. The predicted molar refractivity (Wildman–Crippen MR) is 104 cm³/mol. The van der Waals surface area contributed by atoms with Crippen LogP contribution in [0.1, 0.15) is 22.3 Å². The number of benzene rings is 2. The molecule has 3 rings (SSSR count). The molecule has 28 heavy (non-hydrogen) atoms. The molecule has 0 saturated carbocycles. The fourth-order valence-corrected chi connectivity index (χ4v) is 3.08.